The molecule has 0 bridgehead atoms. The Hall–Kier alpha value is -4.55. The number of carbonyl (C=O) groups is 5. The van der Waals surface area contributed by atoms with Crippen molar-refractivity contribution in [2.75, 3.05) is 38.1 Å². The highest BCUT2D eigenvalue weighted by atomic mass is 16.6. The number of ether oxygens (including phenoxy) is 1. The van der Waals surface area contributed by atoms with Crippen LogP contribution in [0, 0.1) is 5.92 Å². The van der Waals surface area contributed by atoms with Gasteiger partial charge in [0, 0.05) is 50.1 Å². The van der Waals surface area contributed by atoms with Crippen LogP contribution in [0.4, 0.5) is 10.6 Å². The van der Waals surface area contributed by atoms with Crippen LogP contribution in [0.1, 0.15) is 43.1 Å². The summed E-state index contributed by atoms with van der Waals surface area (Å²) in [7, 11) is 0. The first-order chi connectivity index (χ1) is 19.2. The molecular formula is C27H32N6O7. The molecule has 1 aromatic heterocycles. The molecule has 2 heterocycles. The standard InChI is InChI=1S/C27H32N6O7/c1-2-40-27(39)33-14-12-32(13-15-33)26(38)19(10-11-22(34)35)29-25(37)20-16-21(31-24(36)18-8-9-18)30-23(28-20)17-6-4-3-5-7-17/h3-7,16,18-19H,2,8-15H2,1H3,(H,29,37)(H,34,35)(H,28,30,31,36). The number of amides is 4. The number of anilines is 1. The summed E-state index contributed by atoms with van der Waals surface area (Å²) in [5.41, 5.74) is 0.539. The van der Waals surface area contributed by atoms with Gasteiger partial charge in [-0.25, -0.2) is 14.8 Å². The fourth-order valence-corrected chi connectivity index (χ4v) is 4.22. The van der Waals surface area contributed by atoms with E-state index in [4.69, 9.17) is 4.74 Å². The minimum Gasteiger partial charge on any atom is -0.481 e. The molecular weight excluding hydrogens is 520 g/mol. The molecule has 1 aliphatic heterocycles. The lowest BCUT2D eigenvalue weighted by atomic mass is 10.1. The molecule has 4 rings (SSSR count). The van der Waals surface area contributed by atoms with Crippen LogP contribution in [-0.4, -0.2) is 93.5 Å². The molecule has 0 radical (unpaired) electrons. The third-order valence-corrected chi connectivity index (χ3v) is 6.56. The van der Waals surface area contributed by atoms with Crippen molar-refractivity contribution >= 4 is 35.6 Å². The van der Waals surface area contributed by atoms with Crippen LogP contribution in [0.5, 0.6) is 0 Å². The van der Waals surface area contributed by atoms with E-state index in [1.54, 1.807) is 31.2 Å². The lowest BCUT2D eigenvalue weighted by Gasteiger charge is -2.35. The van der Waals surface area contributed by atoms with Crippen LogP contribution in [-0.2, 0) is 19.1 Å². The number of hydrogen-bond acceptors (Lipinski definition) is 8. The largest absolute Gasteiger partial charge is 0.481 e. The van der Waals surface area contributed by atoms with Gasteiger partial charge in [0.2, 0.25) is 11.8 Å². The molecule has 1 unspecified atom stereocenters. The van der Waals surface area contributed by atoms with E-state index >= 15 is 0 Å². The minimum atomic E-state index is -1.14. The van der Waals surface area contributed by atoms with Crippen molar-refractivity contribution in [3.63, 3.8) is 0 Å². The smallest absolute Gasteiger partial charge is 0.409 e. The highest BCUT2D eigenvalue weighted by Crippen LogP contribution is 2.30. The monoisotopic (exact) mass is 552 g/mol. The summed E-state index contributed by atoms with van der Waals surface area (Å²) < 4.78 is 5.01. The normalized spacial score (nSPS) is 15.6. The minimum absolute atomic E-state index is 0.0831. The lowest BCUT2D eigenvalue weighted by molar-refractivity contribution is -0.138. The second-order valence-electron chi connectivity index (χ2n) is 9.56. The van der Waals surface area contributed by atoms with Crippen LogP contribution >= 0.6 is 0 Å². The van der Waals surface area contributed by atoms with Gasteiger partial charge < -0.3 is 30.3 Å². The first-order valence-electron chi connectivity index (χ1n) is 13.2. The molecule has 2 fully saturated rings. The molecule has 4 amide bonds. The summed E-state index contributed by atoms with van der Waals surface area (Å²) >= 11 is 0. The van der Waals surface area contributed by atoms with E-state index in [0.29, 0.717) is 5.56 Å². The van der Waals surface area contributed by atoms with Crippen molar-refractivity contribution in [2.45, 2.75) is 38.6 Å². The van der Waals surface area contributed by atoms with Crippen molar-refractivity contribution in [3.8, 4) is 11.4 Å². The molecule has 13 heteroatoms. The van der Waals surface area contributed by atoms with Gasteiger partial charge in [0.25, 0.3) is 5.91 Å². The molecule has 13 nitrogen and oxygen atoms in total. The maximum absolute atomic E-state index is 13.4. The number of carbonyl (C=O) groups excluding carboxylic acids is 4. The van der Waals surface area contributed by atoms with E-state index in [0.717, 1.165) is 12.8 Å². The van der Waals surface area contributed by atoms with Crippen LogP contribution in [0.15, 0.2) is 36.4 Å². The summed E-state index contributed by atoms with van der Waals surface area (Å²) in [5.74, 6) is -2.21. The zero-order valence-corrected chi connectivity index (χ0v) is 22.2. The molecule has 212 valence electrons. The van der Waals surface area contributed by atoms with Gasteiger partial charge in [-0.1, -0.05) is 30.3 Å². The summed E-state index contributed by atoms with van der Waals surface area (Å²) in [6.07, 6.45) is 0.628. The molecule has 0 spiro atoms. The van der Waals surface area contributed by atoms with Crippen LogP contribution in [0.3, 0.4) is 0 Å². The summed E-state index contributed by atoms with van der Waals surface area (Å²) in [6.45, 7) is 2.86. The van der Waals surface area contributed by atoms with Gasteiger partial charge in [-0.2, -0.15) is 0 Å². The average molecular weight is 553 g/mol. The number of carboxylic acid groups (broad SMARTS) is 1. The highest BCUT2D eigenvalue weighted by molar-refractivity contribution is 5.99. The van der Waals surface area contributed by atoms with Gasteiger partial charge in [0.05, 0.1) is 6.61 Å². The number of piperazine rings is 1. The Morgan fingerprint density at radius 1 is 1.02 bits per heavy atom. The number of rotatable bonds is 10. The van der Waals surface area contributed by atoms with Crippen molar-refractivity contribution in [1.29, 1.82) is 0 Å². The van der Waals surface area contributed by atoms with Crippen LogP contribution in [0.25, 0.3) is 11.4 Å². The first-order valence-corrected chi connectivity index (χ1v) is 13.2. The van der Waals surface area contributed by atoms with E-state index in [1.165, 1.54) is 15.9 Å². The number of nitrogens with one attached hydrogen (secondary N) is 2. The first kappa shape index (κ1) is 28.5. The Morgan fingerprint density at radius 2 is 1.70 bits per heavy atom. The van der Waals surface area contributed by atoms with Gasteiger partial charge in [0.1, 0.15) is 17.6 Å². The Morgan fingerprint density at radius 3 is 2.33 bits per heavy atom. The molecule has 1 atom stereocenters. The van der Waals surface area contributed by atoms with Gasteiger partial charge in [-0.3, -0.25) is 19.2 Å². The average Bonchev–Trinajstić information content (AvgIpc) is 3.81. The van der Waals surface area contributed by atoms with E-state index in [1.807, 2.05) is 6.07 Å². The van der Waals surface area contributed by atoms with Crippen molar-refractivity contribution in [2.24, 2.45) is 5.92 Å². The molecule has 1 aromatic carbocycles. The molecule has 2 aromatic rings. The highest BCUT2D eigenvalue weighted by Gasteiger charge is 2.32. The number of carboxylic acids is 1. The Labute approximate surface area is 230 Å². The second kappa shape index (κ2) is 13.0. The predicted octanol–water partition coefficient (Wildman–Crippen LogP) is 1.76. The zero-order valence-electron chi connectivity index (χ0n) is 22.2. The van der Waals surface area contributed by atoms with E-state index in [9.17, 15) is 29.1 Å². The SMILES string of the molecule is CCOC(=O)N1CCN(C(=O)C(CCC(=O)O)NC(=O)c2cc(NC(=O)C3CC3)nc(-c3ccccc3)n2)CC1. The zero-order chi connectivity index (χ0) is 28.6. The topological polar surface area (TPSA) is 171 Å². The fourth-order valence-electron chi connectivity index (χ4n) is 4.22. The number of nitrogens with zero attached hydrogens (tertiary/aromatic N) is 4. The molecule has 1 saturated heterocycles. The van der Waals surface area contributed by atoms with Crippen molar-refractivity contribution < 1.29 is 33.8 Å². The van der Waals surface area contributed by atoms with Crippen LogP contribution in [0.2, 0.25) is 0 Å². The summed E-state index contributed by atoms with van der Waals surface area (Å²) in [6, 6.07) is 9.11. The number of aromatic nitrogens is 2. The predicted molar refractivity (Wildman–Crippen MR) is 142 cm³/mol. The number of aliphatic carboxylic acids is 1. The van der Waals surface area contributed by atoms with Crippen LogP contribution < -0.4 is 10.6 Å². The molecule has 2 aliphatic rings. The number of benzene rings is 1. The third kappa shape index (κ3) is 7.52. The lowest BCUT2D eigenvalue weighted by Crippen LogP contribution is -2.56. The molecule has 3 N–H and O–H groups in total. The maximum Gasteiger partial charge on any atom is 0.409 e. The van der Waals surface area contributed by atoms with Gasteiger partial charge in [-0.15, -0.1) is 0 Å². The van der Waals surface area contributed by atoms with Crippen molar-refractivity contribution in [3.05, 3.63) is 42.1 Å². The Kier molecular flexibility index (Phi) is 9.25. The van der Waals surface area contributed by atoms with E-state index < -0.39 is 29.9 Å². The van der Waals surface area contributed by atoms with Gasteiger partial charge in [-0.05, 0) is 26.2 Å². The number of hydrogen-bond donors (Lipinski definition) is 3. The second-order valence-corrected chi connectivity index (χ2v) is 9.56. The summed E-state index contributed by atoms with van der Waals surface area (Å²) in [4.78, 5) is 74.1. The Bertz CT molecular complexity index is 1260. The van der Waals surface area contributed by atoms with E-state index in [-0.39, 0.29) is 74.8 Å². The van der Waals surface area contributed by atoms with Gasteiger partial charge >= 0.3 is 12.1 Å². The fraction of sp³-hybridized carbons (Fsp3) is 0.444. The van der Waals surface area contributed by atoms with E-state index in [2.05, 4.69) is 20.6 Å². The summed E-state index contributed by atoms with van der Waals surface area (Å²) in [5, 5.41) is 14.6. The Balaban J connectivity index is 1.52. The third-order valence-electron chi connectivity index (χ3n) is 6.56. The maximum atomic E-state index is 13.4. The van der Waals surface area contributed by atoms with Crippen molar-refractivity contribution in [1.82, 2.24) is 25.1 Å². The molecule has 1 aliphatic carbocycles. The quantitative estimate of drug-likeness (QED) is 0.397. The van der Waals surface area contributed by atoms with Gasteiger partial charge in [0.15, 0.2) is 5.82 Å². The molecule has 40 heavy (non-hydrogen) atoms. The molecule has 1 saturated carbocycles.